The molecule has 0 aromatic heterocycles. The van der Waals surface area contributed by atoms with Gasteiger partial charge in [-0.1, -0.05) is 39.3 Å². The summed E-state index contributed by atoms with van der Waals surface area (Å²) in [5.41, 5.74) is -3.46. The summed E-state index contributed by atoms with van der Waals surface area (Å²) in [6.07, 6.45) is -3.56. The molecule has 0 aromatic rings. The van der Waals surface area contributed by atoms with Crippen LogP contribution in [0, 0.1) is 50.2 Å². The lowest BCUT2D eigenvalue weighted by Crippen LogP contribution is -2.71. The molecule has 0 amide bonds. The number of hydrogen-bond donors (Lipinski definition) is 8. The van der Waals surface area contributed by atoms with E-state index in [1.54, 1.807) is 6.92 Å². The normalized spacial score (nSPS) is 52.9. The van der Waals surface area contributed by atoms with E-state index < -0.39 is 94.5 Å². The third kappa shape index (κ3) is 4.69. The number of aliphatic hydroxyl groups is 6. The third-order valence-electron chi connectivity index (χ3n) is 15.2. The van der Waals surface area contributed by atoms with Crippen LogP contribution < -0.4 is 0 Å². The van der Waals surface area contributed by atoms with Crippen LogP contribution in [-0.2, 0) is 19.1 Å². The second kappa shape index (κ2) is 11.7. The van der Waals surface area contributed by atoms with Crippen molar-refractivity contribution in [2.75, 3.05) is 13.2 Å². The standard InChI is InChI=1S/C36H56O12/c1-31(2)10-11-35(30(45)46)12-13-36(17-38)18(19(35)14-31)6-7-22-32(3)15-20(39)27(34(5,29(43)44)23(32)8-9-33(22,36)4)48-28-26(42)25(41)24(40)21(16-37)47-28/h6,19-28,37-42H,7-17H2,1-5H3,(H,43,44)(H,45,46)/t19-,20?,21?,22+,23+,24?,25?,26?,27?,28?,32+,33+,34-,35-,36-/m0/s1. The summed E-state index contributed by atoms with van der Waals surface area (Å²) >= 11 is 0. The fourth-order valence-electron chi connectivity index (χ4n) is 12.4. The molecule has 0 aromatic carbocycles. The van der Waals surface area contributed by atoms with Crippen molar-refractivity contribution < 1.29 is 59.9 Å². The summed E-state index contributed by atoms with van der Waals surface area (Å²) in [4.78, 5) is 26.3. The van der Waals surface area contributed by atoms with E-state index in [4.69, 9.17) is 9.47 Å². The second-order valence-corrected chi connectivity index (χ2v) is 17.7. The Labute approximate surface area is 282 Å². The quantitative estimate of drug-likeness (QED) is 0.150. The topological polar surface area (TPSA) is 214 Å². The maximum absolute atomic E-state index is 13.4. The van der Waals surface area contributed by atoms with Gasteiger partial charge in [-0.05, 0) is 98.7 Å². The average molecular weight is 681 g/mol. The zero-order valence-electron chi connectivity index (χ0n) is 28.8. The molecule has 5 aliphatic carbocycles. The van der Waals surface area contributed by atoms with Gasteiger partial charge in [-0.2, -0.15) is 0 Å². The van der Waals surface area contributed by atoms with Crippen molar-refractivity contribution in [3.8, 4) is 0 Å². The SMILES string of the molecule is CC1(C)CC[C@]2(C(=O)O)CC[C@]3(CO)C(=CC[C@@H]4[C@@]5(C)CC(O)C(OC6OC(CO)C(O)C(O)C6O)[C@@](C)(C(=O)O)[C@@H]5CC[C@]43C)[C@@H]2C1. The van der Waals surface area contributed by atoms with Gasteiger partial charge in [0.15, 0.2) is 6.29 Å². The van der Waals surface area contributed by atoms with E-state index in [0.29, 0.717) is 38.5 Å². The molecular weight excluding hydrogens is 624 g/mol. The Kier molecular flexibility index (Phi) is 8.81. The van der Waals surface area contributed by atoms with Crippen LogP contribution in [0.3, 0.4) is 0 Å². The Bertz CT molecular complexity index is 1330. The number of carbonyl (C=O) groups is 2. The molecular formula is C36H56O12. The van der Waals surface area contributed by atoms with Crippen molar-refractivity contribution in [1.29, 1.82) is 0 Å². The molecule has 12 heteroatoms. The molecule has 12 nitrogen and oxygen atoms in total. The van der Waals surface area contributed by atoms with E-state index >= 15 is 0 Å². The minimum absolute atomic E-state index is 0.0445. The molecule has 0 spiro atoms. The number of aliphatic hydroxyl groups excluding tert-OH is 6. The minimum Gasteiger partial charge on any atom is -0.481 e. The van der Waals surface area contributed by atoms with Gasteiger partial charge < -0.3 is 50.3 Å². The Morgan fingerprint density at radius 2 is 1.52 bits per heavy atom. The van der Waals surface area contributed by atoms with Crippen LogP contribution in [0.15, 0.2) is 11.6 Å². The van der Waals surface area contributed by atoms with E-state index in [1.165, 1.54) is 0 Å². The van der Waals surface area contributed by atoms with Gasteiger partial charge in [0.2, 0.25) is 0 Å². The van der Waals surface area contributed by atoms with Crippen LogP contribution in [0.4, 0.5) is 0 Å². The van der Waals surface area contributed by atoms with Gasteiger partial charge in [0.25, 0.3) is 0 Å². The molecule has 8 N–H and O–H groups in total. The highest BCUT2D eigenvalue weighted by atomic mass is 16.7. The smallest absolute Gasteiger partial charge is 0.312 e. The fraction of sp³-hybridized carbons (Fsp3) is 0.889. The number of allylic oxidation sites excluding steroid dienone is 1. The Balaban J connectivity index is 1.38. The predicted octanol–water partition coefficient (Wildman–Crippen LogP) is 2.07. The lowest BCUT2D eigenvalue weighted by atomic mass is 9.33. The minimum atomic E-state index is -1.75. The van der Waals surface area contributed by atoms with Crippen molar-refractivity contribution >= 4 is 11.9 Å². The maximum Gasteiger partial charge on any atom is 0.312 e. The molecule has 4 saturated carbocycles. The lowest BCUT2D eigenvalue weighted by molar-refractivity contribution is -0.340. The van der Waals surface area contributed by atoms with Crippen molar-refractivity contribution in [3.63, 3.8) is 0 Å². The van der Waals surface area contributed by atoms with Crippen molar-refractivity contribution in [2.45, 2.75) is 135 Å². The molecule has 6 rings (SSSR count). The molecule has 7 unspecified atom stereocenters. The number of aliphatic carboxylic acids is 2. The van der Waals surface area contributed by atoms with E-state index in [1.807, 2.05) is 6.92 Å². The van der Waals surface area contributed by atoms with Gasteiger partial charge in [0, 0.05) is 5.41 Å². The molecule has 6 aliphatic rings. The van der Waals surface area contributed by atoms with Gasteiger partial charge >= 0.3 is 11.9 Å². The summed E-state index contributed by atoms with van der Waals surface area (Å²) in [6, 6.07) is 0. The average Bonchev–Trinajstić information content (AvgIpc) is 3.01. The van der Waals surface area contributed by atoms with Crippen LogP contribution in [0.5, 0.6) is 0 Å². The molecule has 48 heavy (non-hydrogen) atoms. The summed E-state index contributed by atoms with van der Waals surface area (Å²) < 4.78 is 11.7. The zero-order chi connectivity index (χ0) is 35.4. The number of hydrogen-bond acceptors (Lipinski definition) is 10. The van der Waals surface area contributed by atoms with Gasteiger partial charge in [0.05, 0.1) is 30.1 Å². The highest BCUT2D eigenvalue weighted by Gasteiger charge is 2.73. The summed E-state index contributed by atoms with van der Waals surface area (Å²) in [6.45, 7) is 9.33. The monoisotopic (exact) mass is 680 g/mol. The molecule has 5 fully saturated rings. The molecule has 15 atom stereocenters. The van der Waals surface area contributed by atoms with Gasteiger partial charge in [-0.3, -0.25) is 9.59 Å². The molecule has 0 radical (unpaired) electrons. The highest BCUT2D eigenvalue weighted by Crippen LogP contribution is 2.76. The summed E-state index contributed by atoms with van der Waals surface area (Å²) in [5.74, 6) is -2.81. The number of carboxylic acids is 2. The third-order valence-corrected chi connectivity index (χ3v) is 15.2. The van der Waals surface area contributed by atoms with E-state index in [0.717, 1.165) is 18.4 Å². The Morgan fingerprint density at radius 3 is 2.12 bits per heavy atom. The number of carboxylic acid groups (broad SMARTS) is 2. The van der Waals surface area contributed by atoms with Crippen molar-refractivity contribution in [3.05, 3.63) is 11.6 Å². The molecule has 0 bridgehead atoms. The lowest BCUT2D eigenvalue weighted by Gasteiger charge is -2.71. The maximum atomic E-state index is 13.4. The number of rotatable bonds is 6. The van der Waals surface area contributed by atoms with Gasteiger partial charge in [-0.25, -0.2) is 0 Å². The predicted molar refractivity (Wildman–Crippen MR) is 170 cm³/mol. The largest absolute Gasteiger partial charge is 0.481 e. The van der Waals surface area contributed by atoms with Gasteiger partial charge in [0.1, 0.15) is 30.5 Å². The molecule has 1 saturated heterocycles. The van der Waals surface area contributed by atoms with Crippen molar-refractivity contribution in [2.24, 2.45) is 50.2 Å². The molecule has 272 valence electrons. The van der Waals surface area contributed by atoms with E-state index in [-0.39, 0.29) is 30.3 Å². The van der Waals surface area contributed by atoms with E-state index in [9.17, 15) is 50.4 Å². The number of fused-ring (bicyclic) bond motifs is 7. The summed E-state index contributed by atoms with van der Waals surface area (Å²) in [5, 5.41) is 85.8. The van der Waals surface area contributed by atoms with Crippen LogP contribution in [0.1, 0.15) is 92.4 Å². The molecule has 1 heterocycles. The van der Waals surface area contributed by atoms with Crippen LogP contribution in [0.25, 0.3) is 0 Å². The zero-order valence-corrected chi connectivity index (χ0v) is 28.8. The first kappa shape index (κ1) is 36.2. The van der Waals surface area contributed by atoms with Crippen LogP contribution in [-0.4, -0.2) is 109 Å². The first-order valence-corrected chi connectivity index (χ1v) is 17.7. The number of ether oxygens (including phenoxy) is 2. The highest BCUT2D eigenvalue weighted by molar-refractivity contribution is 5.77. The van der Waals surface area contributed by atoms with Crippen LogP contribution in [0.2, 0.25) is 0 Å². The summed E-state index contributed by atoms with van der Waals surface area (Å²) in [7, 11) is 0. The van der Waals surface area contributed by atoms with Gasteiger partial charge in [-0.15, -0.1) is 0 Å². The Hall–Kier alpha value is -1.64. The van der Waals surface area contributed by atoms with E-state index in [2.05, 4.69) is 26.8 Å². The van der Waals surface area contributed by atoms with Crippen LogP contribution >= 0.6 is 0 Å². The first-order chi connectivity index (χ1) is 22.3. The Morgan fingerprint density at radius 1 is 0.854 bits per heavy atom. The first-order valence-electron chi connectivity index (χ1n) is 17.7. The fourth-order valence-corrected chi connectivity index (χ4v) is 12.4. The molecule has 1 aliphatic heterocycles. The van der Waals surface area contributed by atoms with Crippen molar-refractivity contribution in [1.82, 2.24) is 0 Å². The second-order valence-electron chi connectivity index (χ2n) is 17.7.